The van der Waals surface area contributed by atoms with E-state index in [9.17, 15) is 4.79 Å². The van der Waals surface area contributed by atoms with Crippen LogP contribution in [0, 0.1) is 0 Å². The molecule has 1 aliphatic heterocycles. The maximum Gasteiger partial charge on any atom is 0.315 e. The standard InChI is InChI=1S/C14H11N3O2/c18-14-13-12(16-6-7-17-14)11-8-2-1-5-15-9(8)3-4-10(11)19-13/h3-4,6-7,15H,1-2,5H2. The van der Waals surface area contributed by atoms with Crippen LogP contribution in [0.25, 0.3) is 22.1 Å². The summed E-state index contributed by atoms with van der Waals surface area (Å²) in [6, 6.07) is 3.88. The lowest BCUT2D eigenvalue weighted by molar-refractivity contribution is 0.662. The Balaban J connectivity index is 2.25. The molecule has 3 aromatic rings. The maximum atomic E-state index is 11.9. The van der Waals surface area contributed by atoms with E-state index in [0.29, 0.717) is 11.1 Å². The number of anilines is 1. The zero-order valence-corrected chi connectivity index (χ0v) is 10.1. The first-order valence-corrected chi connectivity index (χ1v) is 6.28. The molecule has 0 amide bonds. The lowest BCUT2D eigenvalue weighted by Gasteiger charge is -2.18. The van der Waals surface area contributed by atoms with Crippen LogP contribution in [-0.4, -0.2) is 16.5 Å². The van der Waals surface area contributed by atoms with Gasteiger partial charge in [0.2, 0.25) is 5.58 Å². The monoisotopic (exact) mass is 253 g/mol. The topological polar surface area (TPSA) is 68.0 Å². The van der Waals surface area contributed by atoms with Crippen molar-refractivity contribution in [3.63, 3.8) is 0 Å². The summed E-state index contributed by atoms with van der Waals surface area (Å²) in [4.78, 5) is 19.9. The van der Waals surface area contributed by atoms with Crippen LogP contribution >= 0.6 is 0 Å². The van der Waals surface area contributed by atoms with Gasteiger partial charge in [0.15, 0.2) is 0 Å². The minimum absolute atomic E-state index is 0.235. The highest BCUT2D eigenvalue weighted by Crippen LogP contribution is 2.34. The van der Waals surface area contributed by atoms with Gasteiger partial charge in [-0.25, -0.2) is 4.98 Å². The van der Waals surface area contributed by atoms with Gasteiger partial charge >= 0.3 is 5.56 Å². The fourth-order valence-electron chi connectivity index (χ4n) is 2.69. The van der Waals surface area contributed by atoms with Gasteiger partial charge in [-0.05, 0) is 30.5 Å². The summed E-state index contributed by atoms with van der Waals surface area (Å²) < 4.78 is 5.64. The van der Waals surface area contributed by atoms with E-state index in [1.165, 1.54) is 18.0 Å². The van der Waals surface area contributed by atoms with Crippen molar-refractivity contribution < 1.29 is 4.42 Å². The molecule has 0 bridgehead atoms. The van der Waals surface area contributed by atoms with Crippen LogP contribution in [0.1, 0.15) is 12.0 Å². The fraction of sp³-hybridized carbons (Fsp3) is 0.214. The Morgan fingerprint density at radius 3 is 3.05 bits per heavy atom. The predicted octanol–water partition coefficient (Wildman–Crippen LogP) is 2.09. The van der Waals surface area contributed by atoms with Gasteiger partial charge in [-0.3, -0.25) is 9.78 Å². The summed E-state index contributed by atoms with van der Waals surface area (Å²) >= 11 is 0. The molecule has 3 heterocycles. The van der Waals surface area contributed by atoms with Crippen LogP contribution < -0.4 is 10.9 Å². The molecule has 0 fully saturated rings. The van der Waals surface area contributed by atoms with Crippen molar-refractivity contribution in [2.24, 2.45) is 0 Å². The number of nitrogens with one attached hydrogen (secondary N) is 1. The molecule has 0 saturated heterocycles. The van der Waals surface area contributed by atoms with Crippen LogP contribution in [0.2, 0.25) is 0 Å². The van der Waals surface area contributed by atoms with Crippen molar-refractivity contribution in [3.8, 4) is 0 Å². The Morgan fingerprint density at radius 1 is 1.21 bits per heavy atom. The summed E-state index contributed by atoms with van der Waals surface area (Å²) in [5, 5.41) is 4.31. The van der Waals surface area contributed by atoms with E-state index >= 15 is 0 Å². The third kappa shape index (κ3) is 1.44. The van der Waals surface area contributed by atoms with Crippen LogP contribution in [0.4, 0.5) is 5.69 Å². The number of nitrogens with zero attached hydrogens (tertiary/aromatic N) is 2. The highest BCUT2D eigenvalue weighted by molar-refractivity contribution is 6.05. The van der Waals surface area contributed by atoms with Crippen molar-refractivity contribution in [3.05, 3.63) is 40.4 Å². The average molecular weight is 253 g/mol. The predicted molar refractivity (Wildman–Crippen MR) is 72.4 cm³/mol. The van der Waals surface area contributed by atoms with Gasteiger partial charge in [-0.1, -0.05) is 0 Å². The van der Waals surface area contributed by atoms with E-state index in [0.717, 1.165) is 30.5 Å². The van der Waals surface area contributed by atoms with Gasteiger partial charge in [0.05, 0.1) is 5.39 Å². The first kappa shape index (κ1) is 10.5. The van der Waals surface area contributed by atoms with Gasteiger partial charge in [0.1, 0.15) is 11.1 Å². The number of benzene rings is 1. The summed E-state index contributed by atoms with van der Waals surface area (Å²) in [5.74, 6) is 0. The van der Waals surface area contributed by atoms with E-state index in [1.807, 2.05) is 12.1 Å². The summed E-state index contributed by atoms with van der Waals surface area (Å²) in [6.07, 6.45) is 4.97. The van der Waals surface area contributed by atoms with Crippen molar-refractivity contribution in [2.75, 3.05) is 11.9 Å². The van der Waals surface area contributed by atoms with Crippen LogP contribution in [0.5, 0.6) is 0 Å². The lowest BCUT2D eigenvalue weighted by Crippen LogP contribution is -2.11. The second kappa shape index (κ2) is 3.78. The molecule has 5 heteroatoms. The average Bonchev–Trinajstić information content (AvgIpc) is 2.73. The smallest absolute Gasteiger partial charge is 0.315 e. The third-order valence-electron chi connectivity index (χ3n) is 3.51. The lowest BCUT2D eigenvalue weighted by atomic mass is 9.99. The Hall–Kier alpha value is -2.43. The molecular weight excluding hydrogens is 242 g/mol. The van der Waals surface area contributed by atoms with Crippen LogP contribution in [0.3, 0.4) is 0 Å². The zero-order chi connectivity index (χ0) is 12.8. The number of aromatic nitrogens is 2. The largest absolute Gasteiger partial charge is 0.448 e. The minimum Gasteiger partial charge on any atom is -0.448 e. The molecule has 0 unspecified atom stereocenters. The van der Waals surface area contributed by atoms with E-state index in [-0.39, 0.29) is 11.1 Å². The molecule has 1 aliphatic rings. The first-order valence-electron chi connectivity index (χ1n) is 6.28. The Labute approximate surface area is 108 Å². The van der Waals surface area contributed by atoms with E-state index < -0.39 is 0 Å². The van der Waals surface area contributed by atoms with Crippen molar-refractivity contribution in [1.29, 1.82) is 0 Å². The normalized spacial score (nSPS) is 14.3. The molecule has 5 nitrogen and oxygen atoms in total. The van der Waals surface area contributed by atoms with Gasteiger partial charge in [0.25, 0.3) is 0 Å². The Kier molecular flexibility index (Phi) is 2.09. The Bertz CT molecular complexity index is 854. The molecule has 0 aliphatic carbocycles. The summed E-state index contributed by atoms with van der Waals surface area (Å²) in [6.45, 7) is 0.976. The molecular formula is C14H11N3O2. The maximum absolute atomic E-state index is 11.9. The number of fused-ring (bicyclic) bond motifs is 5. The summed E-state index contributed by atoms with van der Waals surface area (Å²) in [7, 11) is 0. The fourth-order valence-corrected chi connectivity index (χ4v) is 2.69. The number of hydrogen-bond donors (Lipinski definition) is 1. The molecule has 0 spiro atoms. The quantitative estimate of drug-likeness (QED) is 0.664. The number of furan rings is 1. The molecule has 2 aromatic heterocycles. The first-order chi connectivity index (χ1) is 9.34. The van der Waals surface area contributed by atoms with E-state index in [4.69, 9.17) is 4.42 Å². The minimum atomic E-state index is -0.374. The van der Waals surface area contributed by atoms with Crippen molar-refractivity contribution >= 4 is 27.8 Å². The highest BCUT2D eigenvalue weighted by Gasteiger charge is 2.18. The zero-order valence-electron chi connectivity index (χ0n) is 10.1. The van der Waals surface area contributed by atoms with E-state index in [1.54, 1.807) is 0 Å². The van der Waals surface area contributed by atoms with Gasteiger partial charge in [-0.15, -0.1) is 0 Å². The SMILES string of the molecule is O=c1nccnc2c1oc1ccc3c(c12)CCCN3. The second-order valence-corrected chi connectivity index (χ2v) is 4.64. The van der Waals surface area contributed by atoms with Crippen molar-refractivity contribution in [2.45, 2.75) is 12.8 Å². The Morgan fingerprint density at radius 2 is 2.11 bits per heavy atom. The summed E-state index contributed by atoms with van der Waals surface area (Å²) in [5.41, 5.74) is 3.46. The molecule has 1 N–H and O–H groups in total. The van der Waals surface area contributed by atoms with Gasteiger partial charge in [-0.2, -0.15) is 0 Å². The van der Waals surface area contributed by atoms with E-state index in [2.05, 4.69) is 15.3 Å². The molecule has 4 rings (SSSR count). The van der Waals surface area contributed by atoms with Gasteiger partial charge < -0.3 is 9.73 Å². The highest BCUT2D eigenvalue weighted by atomic mass is 16.3. The number of hydrogen-bond acceptors (Lipinski definition) is 5. The van der Waals surface area contributed by atoms with Crippen LogP contribution in [-0.2, 0) is 6.42 Å². The molecule has 0 atom stereocenters. The second-order valence-electron chi connectivity index (χ2n) is 4.64. The van der Waals surface area contributed by atoms with Gasteiger partial charge in [0, 0.05) is 24.6 Å². The molecule has 94 valence electrons. The number of aryl methyl sites for hydroxylation is 1. The number of rotatable bonds is 0. The van der Waals surface area contributed by atoms with Crippen molar-refractivity contribution in [1.82, 2.24) is 9.97 Å². The molecule has 0 saturated carbocycles. The molecule has 1 aromatic carbocycles. The molecule has 0 radical (unpaired) electrons. The van der Waals surface area contributed by atoms with Crippen LogP contribution in [0.15, 0.2) is 33.7 Å². The third-order valence-corrected chi connectivity index (χ3v) is 3.51. The molecule has 19 heavy (non-hydrogen) atoms.